The van der Waals surface area contributed by atoms with Crippen molar-refractivity contribution in [3.05, 3.63) is 87.9 Å². The molecule has 31 heavy (non-hydrogen) atoms. The number of nitro benzene ring substituents is 1. The lowest BCUT2D eigenvalue weighted by Gasteiger charge is -2.14. The minimum Gasteiger partial charge on any atom is -0.337 e. The van der Waals surface area contributed by atoms with Gasteiger partial charge in [0.25, 0.3) is 15.7 Å². The van der Waals surface area contributed by atoms with Crippen molar-refractivity contribution in [2.24, 2.45) is 0 Å². The van der Waals surface area contributed by atoms with Gasteiger partial charge in [-0.1, -0.05) is 23.7 Å². The topological polar surface area (TPSA) is 127 Å². The maximum Gasteiger partial charge on any atom is 0.269 e. The van der Waals surface area contributed by atoms with Gasteiger partial charge in [0.2, 0.25) is 0 Å². The Morgan fingerprint density at radius 3 is 2.00 bits per heavy atom. The summed E-state index contributed by atoms with van der Waals surface area (Å²) in [7, 11) is -3.97. The number of sulfonamides is 1. The fourth-order valence-electron chi connectivity index (χ4n) is 2.76. The molecule has 0 fully saturated rings. The first-order valence-corrected chi connectivity index (χ1v) is 10.7. The van der Waals surface area contributed by atoms with E-state index < -0.39 is 14.9 Å². The van der Waals surface area contributed by atoms with Crippen molar-refractivity contribution < 1.29 is 13.3 Å². The summed E-state index contributed by atoms with van der Waals surface area (Å²) in [5.41, 5.74) is 1.44. The number of hydrogen-bond acceptors (Lipinski definition) is 7. The van der Waals surface area contributed by atoms with Crippen LogP contribution < -0.4 is 10.0 Å². The maximum atomic E-state index is 12.8. The number of fused-ring (bicyclic) bond motifs is 1. The van der Waals surface area contributed by atoms with Crippen molar-refractivity contribution in [2.75, 3.05) is 10.0 Å². The van der Waals surface area contributed by atoms with Crippen molar-refractivity contribution in [1.82, 2.24) is 9.97 Å². The third-order valence-corrected chi connectivity index (χ3v) is 5.87. The second-order valence-electron chi connectivity index (χ2n) is 6.40. The monoisotopic (exact) mass is 455 g/mol. The van der Waals surface area contributed by atoms with Gasteiger partial charge in [0.15, 0.2) is 11.6 Å². The maximum absolute atomic E-state index is 12.8. The van der Waals surface area contributed by atoms with Crippen molar-refractivity contribution in [1.29, 1.82) is 0 Å². The normalized spacial score (nSPS) is 11.3. The van der Waals surface area contributed by atoms with Crippen LogP contribution in [0.25, 0.3) is 11.0 Å². The third-order valence-electron chi connectivity index (χ3n) is 4.27. The number of hydrogen-bond donors (Lipinski definition) is 2. The van der Waals surface area contributed by atoms with E-state index >= 15 is 0 Å². The van der Waals surface area contributed by atoms with Gasteiger partial charge in [-0.3, -0.25) is 14.8 Å². The minimum atomic E-state index is -3.97. The molecule has 0 aliphatic rings. The molecule has 0 radical (unpaired) electrons. The fraction of sp³-hybridized carbons (Fsp3) is 0. The molecule has 3 aromatic carbocycles. The van der Waals surface area contributed by atoms with Crippen LogP contribution in [-0.4, -0.2) is 23.3 Å². The molecule has 0 spiro atoms. The average molecular weight is 456 g/mol. The van der Waals surface area contributed by atoms with Crippen LogP contribution in [0.1, 0.15) is 0 Å². The number of non-ortho nitro benzene ring substituents is 1. The second-order valence-corrected chi connectivity index (χ2v) is 8.52. The molecule has 0 bridgehead atoms. The Balaban J connectivity index is 1.74. The standard InChI is InChI=1S/C20H14ClN5O4S/c21-13-5-11-16(12-6-13)31(29,30)25-20-19(23-17-3-1-2-4-18(17)24-20)22-14-7-9-15(10-8-14)26(27)28/h1-12H,(H,22,23)(H,24,25). The molecule has 0 saturated carbocycles. The predicted octanol–water partition coefficient (Wildman–Crippen LogP) is 4.74. The van der Waals surface area contributed by atoms with Crippen LogP contribution in [0.15, 0.2) is 77.7 Å². The summed E-state index contributed by atoms with van der Waals surface area (Å²) in [5, 5.41) is 14.2. The molecule has 9 nitrogen and oxygen atoms in total. The number of para-hydroxylation sites is 2. The first-order chi connectivity index (χ1) is 14.8. The molecular weight excluding hydrogens is 442 g/mol. The first-order valence-electron chi connectivity index (χ1n) is 8.88. The molecule has 0 unspecified atom stereocenters. The summed E-state index contributed by atoms with van der Waals surface area (Å²) >= 11 is 5.84. The Labute approximate surface area is 181 Å². The second kappa shape index (κ2) is 8.17. The van der Waals surface area contributed by atoms with Crippen LogP contribution in [0.5, 0.6) is 0 Å². The molecule has 2 N–H and O–H groups in total. The highest BCUT2D eigenvalue weighted by Crippen LogP contribution is 2.28. The summed E-state index contributed by atoms with van der Waals surface area (Å²) in [6, 6.07) is 18.3. The van der Waals surface area contributed by atoms with E-state index in [-0.39, 0.29) is 22.2 Å². The van der Waals surface area contributed by atoms with Crippen molar-refractivity contribution >= 4 is 55.7 Å². The van der Waals surface area contributed by atoms with E-state index in [0.717, 1.165) is 0 Å². The Morgan fingerprint density at radius 2 is 1.42 bits per heavy atom. The average Bonchev–Trinajstić information content (AvgIpc) is 2.74. The molecule has 11 heteroatoms. The van der Waals surface area contributed by atoms with E-state index in [1.54, 1.807) is 24.3 Å². The number of aromatic nitrogens is 2. The molecule has 0 aliphatic carbocycles. The van der Waals surface area contributed by atoms with Crippen LogP contribution >= 0.6 is 11.6 Å². The van der Waals surface area contributed by atoms with Gasteiger partial charge in [0.1, 0.15) is 0 Å². The smallest absolute Gasteiger partial charge is 0.269 e. The SMILES string of the molecule is O=[N+]([O-])c1ccc(Nc2nc3ccccc3nc2NS(=O)(=O)c2ccc(Cl)cc2)cc1. The van der Waals surface area contributed by atoms with Crippen LogP contribution in [0.4, 0.5) is 23.0 Å². The lowest BCUT2D eigenvalue weighted by atomic mass is 10.2. The van der Waals surface area contributed by atoms with Crippen molar-refractivity contribution in [3.63, 3.8) is 0 Å². The number of nitro groups is 1. The number of nitrogens with zero attached hydrogens (tertiary/aromatic N) is 3. The van der Waals surface area contributed by atoms with Gasteiger partial charge >= 0.3 is 0 Å². The zero-order valence-electron chi connectivity index (χ0n) is 15.7. The van der Waals surface area contributed by atoms with Gasteiger partial charge < -0.3 is 5.32 Å². The number of rotatable bonds is 6. The van der Waals surface area contributed by atoms with Crippen molar-refractivity contribution in [3.8, 4) is 0 Å². The molecule has 0 atom stereocenters. The lowest BCUT2D eigenvalue weighted by Crippen LogP contribution is -2.16. The van der Waals surface area contributed by atoms with E-state index in [2.05, 4.69) is 20.0 Å². The van der Waals surface area contributed by atoms with E-state index in [1.807, 2.05) is 0 Å². The summed E-state index contributed by atoms with van der Waals surface area (Å²) in [6.07, 6.45) is 0. The summed E-state index contributed by atoms with van der Waals surface area (Å²) in [5.74, 6) is 0.122. The number of anilines is 3. The number of nitrogens with one attached hydrogen (secondary N) is 2. The fourth-order valence-corrected chi connectivity index (χ4v) is 3.90. The minimum absolute atomic E-state index is 0.00754. The van der Waals surface area contributed by atoms with Gasteiger partial charge in [-0.25, -0.2) is 18.4 Å². The Morgan fingerprint density at radius 1 is 0.839 bits per heavy atom. The van der Waals surface area contributed by atoms with Crippen LogP contribution in [0.2, 0.25) is 5.02 Å². The van der Waals surface area contributed by atoms with Gasteiger partial charge in [0, 0.05) is 22.8 Å². The third kappa shape index (κ3) is 4.55. The molecule has 4 aromatic rings. The zero-order chi connectivity index (χ0) is 22.0. The van der Waals surface area contributed by atoms with Crippen LogP contribution in [0, 0.1) is 10.1 Å². The zero-order valence-corrected chi connectivity index (χ0v) is 17.3. The largest absolute Gasteiger partial charge is 0.337 e. The van der Waals surface area contributed by atoms with Gasteiger partial charge in [-0.2, -0.15) is 0 Å². The highest BCUT2D eigenvalue weighted by molar-refractivity contribution is 7.92. The van der Waals surface area contributed by atoms with E-state index in [0.29, 0.717) is 21.7 Å². The van der Waals surface area contributed by atoms with Gasteiger partial charge in [-0.15, -0.1) is 0 Å². The lowest BCUT2D eigenvalue weighted by molar-refractivity contribution is -0.384. The number of benzene rings is 3. The van der Waals surface area contributed by atoms with Crippen LogP contribution in [0.3, 0.4) is 0 Å². The Hall–Kier alpha value is -3.76. The van der Waals surface area contributed by atoms with Gasteiger partial charge in [0.05, 0.1) is 20.9 Å². The first kappa shape index (κ1) is 20.5. The van der Waals surface area contributed by atoms with E-state index in [9.17, 15) is 18.5 Å². The molecule has 0 amide bonds. The molecule has 1 aromatic heterocycles. The Kier molecular flexibility index (Phi) is 5.40. The van der Waals surface area contributed by atoms with Crippen LogP contribution in [-0.2, 0) is 10.0 Å². The van der Waals surface area contributed by atoms with Crippen molar-refractivity contribution in [2.45, 2.75) is 4.90 Å². The number of halogens is 1. The molecular formula is C20H14ClN5O4S. The Bertz CT molecular complexity index is 1380. The summed E-state index contributed by atoms with van der Waals surface area (Å²) in [4.78, 5) is 19.2. The summed E-state index contributed by atoms with van der Waals surface area (Å²) in [6.45, 7) is 0. The highest BCUT2D eigenvalue weighted by Gasteiger charge is 2.19. The molecule has 4 rings (SSSR count). The van der Waals surface area contributed by atoms with E-state index in [4.69, 9.17) is 11.6 Å². The summed E-state index contributed by atoms with van der Waals surface area (Å²) < 4.78 is 28.1. The molecule has 1 heterocycles. The quantitative estimate of drug-likeness (QED) is 0.317. The van der Waals surface area contributed by atoms with E-state index in [1.165, 1.54) is 48.5 Å². The highest BCUT2D eigenvalue weighted by atomic mass is 35.5. The predicted molar refractivity (Wildman–Crippen MR) is 118 cm³/mol. The molecule has 0 saturated heterocycles. The molecule has 0 aliphatic heterocycles. The van der Waals surface area contributed by atoms with Gasteiger partial charge in [-0.05, 0) is 48.5 Å². The molecule has 156 valence electrons.